The highest BCUT2D eigenvalue weighted by Gasteiger charge is 2.34. The van der Waals surface area contributed by atoms with Gasteiger partial charge in [-0.2, -0.15) is 0 Å². The molecule has 0 spiro atoms. The van der Waals surface area contributed by atoms with E-state index in [1.165, 1.54) is 19.3 Å². The smallest absolute Gasteiger partial charge is 0.252 e. The molecular weight excluding hydrogens is 412 g/mol. The van der Waals surface area contributed by atoms with Crippen LogP contribution in [0.1, 0.15) is 95.6 Å². The van der Waals surface area contributed by atoms with Crippen LogP contribution in [0.4, 0.5) is 0 Å². The number of H-pyrrole nitrogens is 1. The third-order valence-corrected chi connectivity index (χ3v) is 7.49. The number of rotatable bonds is 8. The summed E-state index contributed by atoms with van der Waals surface area (Å²) in [5.74, 6) is 0.905. The minimum absolute atomic E-state index is 0.00255. The van der Waals surface area contributed by atoms with Crippen molar-refractivity contribution < 1.29 is 0 Å². The van der Waals surface area contributed by atoms with Gasteiger partial charge in [-0.3, -0.25) is 9.69 Å². The molecule has 33 heavy (non-hydrogen) atoms. The van der Waals surface area contributed by atoms with Crippen molar-refractivity contribution in [1.82, 2.24) is 30.1 Å². The summed E-state index contributed by atoms with van der Waals surface area (Å²) >= 11 is 0. The Hall–Kier alpha value is -2.54. The summed E-state index contributed by atoms with van der Waals surface area (Å²) in [5.41, 5.74) is 2.68. The van der Waals surface area contributed by atoms with Crippen molar-refractivity contribution in [2.24, 2.45) is 0 Å². The molecule has 1 N–H and O–H groups in total. The number of pyridine rings is 1. The predicted octanol–water partition coefficient (Wildman–Crippen LogP) is 5.25. The van der Waals surface area contributed by atoms with Crippen LogP contribution in [-0.2, 0) is 12.1 Å². The Balaban J connectivity index is 1.75. The largest absolute Gasteiger partial charge is 0.322 e. The molecule has 178 valence electrons. The van der Waals surface area contributed by atoms with Gasteiger partial charge in [0.25, 0.3) is 5.56 Å². The first-order chi connectivity index (χ1) is 15.8. The molecule has 3 aromatic rings. The van der Waals surface area contributed by atoms with E-state index in [0.29, 0.717) is 12.6 Å². The second-order valence-corrected chi connectivity index (χ2v) is 10.2. The molecule has 7 heteroatoms. The molecule has 2 heterocycles. The maximum absolute atomic E-state index is 13.1. The van der Waals surface area contributed by atoms with Gasteiger partial charge in [-0.15, -0.1) is 5.10 Å². The second kappa shape index (κ2) is 9.75. The van der Waals surface area contributed by atoms with Crippen LogP contribution in [0.25, 0.3) is 10.9 Å². The van der Waals surface area contributed by atoms with Crippen LogP contribution in [0, 0.1) is 6.92 Å². The third kappa shape index (κ3) is 4.88. The van der Waals surface area contributed by atoms with Crippen LogP contribution in [0.3, 0.4) is 0 Å². The first-order valence-electron chi connectivity index (χ1n) is 12.5. The lowest BCUT2D eigenvalue weighted by molar-refractivity contribution is 0.0801. The van der Waals surface area contributed by atoms with E-state index < -0.39 is 0 Å². The van der Waals surface area contributed by atoms with Crippen LogP contribution in [0.5, 0.6) is 0 Å². The first kappa shape index (κ1) is 23.6. The van der Waals surface area contributed by atoms with Gasteiger partial charge in [0.15, 0.2) is 5.82 Å². The Labute approximate surface area is 196 Å². The fraction of sp³-hybridized carbons (Fsp3) is 0.615. The number of aromatic amines is 1. The Bertz CT molecular complexity index is 1140. The van der Waals surface area contributed by atoms with Crippen LogP contribution in [-0.4, -0.2) is 36.1 Å². The van der Waals surface area contributed by atoms with Gasteiger partial charge in [0.05, 0.1) is 11.6 Å². The lowest BCUT2D eigenvalue weighted by Gasteiger charge is -2.40. The molecule has 1 atom stereocenters. The minimum atomic E-state index is -0.164. The average Bonchev–Trinajstić information content (AvgIpc) is 3.30. The summed E-state index contributed by atoms with van der Waals surface area (Å²) < 4.78 is 2.00. The molecule has 4 rings (SSSR count). The SMILES string of the molecule is CC[C@@H](c1nnnn1C(C)(C)CC)N(Cc1cc2ccc(C)cc2[nH]c1=O)C1CCCCC1. The molecule has 0 saturated heterocycles. The van der Waals surface area contributed by atoms with Gasteiger partial charge < -0.3 is 4.98 Å². The zero-order chi connectivity index (χ0) is 23.6. The Morgan fingerprint density at radius 2 is 1.94 bits per heavy atom. The molecular formula is C26H38N6O. The fourth-order valence-electron chi connectivity index (χ4n) is 5.13. The molecule has 1 fully saturated rings. The van der Waals surface area contributed by atoms with E-state index in [2.05, 4.69) is 71.3 Å². The number of aryl methyl sites for hydroxylation is 1. The van der Waals surface area contributed by atoms with Gasteiger partial charge in [0.1, 0.15) is 0 Å². The molecule has 0 bridgehead atoms. The van der Waals surface area contributed by atoms with E-state index in [4.69, 9.17) is 0 Å². The molecule has 1 saturated carbocycles. The van der Waals surface area contributed by atoms with Crippen LogP contribution in [0.2, 0.25) is 0 Å². The van der Waals surface area contributed by atoms with Crippen molar-refractivity contribution in [1.29, 1.82) is 0 Å². The zero-order valence-electron chi connectivity index (χ0n) is 20.8. The standard InChI is InChI=1S/C26H38N6O/c1-6-23(24-28-29-30-32(24)26(4,5)7-2)31(21-11-9-8-10-12-21)17-20-16-19-14-13-18(3)15-22(19)27-25(20)33/h13-16,21,23H,6-12,17H2,1-5H3,(H,27,33)/t23-/m0/s1. The molecule has 7 nitrogen and oxygen atoms in total. The number of hydrogen-bond donors (Lipinski definition) is 1. The maximum Gasteiger partial charge on any atom is 0.252 e. The lowest BCUT2D eigenvalue weighted by atomic mass is 9.91. The molecule has 0 aliphatic heterocycles. The van der Waals surface area contributed by atoms with Crippen molar-refractivity contribution in [2.45, 2.75) is 104 Å². The maximum atomic E-state index is 13.1. The van der Waals surface area contributed by atoms with Crippen LogP contribution < -0.4 is 5.56 Å². The average molecular weight is 451 g/mol. The van der Waals surface area contributed by atoms with Crippen molar-refractivity contribution in [2.75, 3.05) is 0 Å². The van der Waals surface area contributed by atoms with E-state index >= 15 is 0 Å². The molecule has 0 unspecified atom stereocenters. The van der Waals surface area contributed by atoms with Crippen molar-refractivity contribution in [3.63, 3.8) is 0 Å². The van der Waals surface area contributed by atoms with Crippen LogP contribution >= 0.6 is 0 Å². The molecule has 1 aliphatic rings. The number of nitrogens with zero attached hydrogens (tertiary/aromatic N) is 5. The van der Waals surface area contributed by atoms with Crippen molar-refractivity contribution in [3.8, 4) is 0 Å². The Morgan fingerprint density at radius 3 is 2.64 bits per heavy atom. The summed E-state index contributed by atoms with van der Waals surface area (Å²) in [4.78, 5) is 18.7. The van der Waals surface area contributed by atoms with Gasteiger partial charge in [-0.05, 0) is 80.0 Å². The molecule has 1 aromatic carbocycles. The topological polar surface area (TPSA) is 79.7 Å². The number of hydrogen-bond acceptors (Lipinski definition) is 5. The quantitative estimate of drug-likeness (QED) is 0.507. The van der Waals surface area contributed by atoms with Crippen LogP contribution in [0.15, 0.2) is 29.1 Å². The van der Waals surface area contributed by atoms with Gasteiger partial charge in [0, 0.05) is 23.7 Å². The summed E-state index contributed by atoms with van der Waals surface area (Å²) in [5, 5.41) is 14.1. The number of fused-ring (bicyclic) bond motifs is 1. The van der Waals surface area contributed by atoms with Gasteiger partial charge in [-0.25, -0.2) is 4.68 Å². The summed E-state index contributed by atoms with van der Waals surface area (Å²) in [7, 11) is 0. The number of nitrogens with one attached hydrogen (secondary N) is 1. The van der Waals surface area contributed by atoms with Gasteiger partial charge >= 0.3 is 0 Å². The summed E-state index contributed by atoms with van der Waals surface area (Å²) in [6.07, 6.45) is 7.89. The fourth-order valence-corrected chi connectivity index (χ4v) is 5.13. The van der Waals surface area contributed by atoms with E-state index in [-0.39, 0.29) is 17.1 Å². The van der Waals surface area contributed by atoms with Crippen molar-refractivity contribution in [3.05, 3.63) is 51.6 Å². The predicted molar refractivity (Wildman–Crippen MR) is 132 cm³/mol. The Morgan fingerprint density at radius 1 is 1.18 bits per heavy atom. The zero-order valence-corrected chi connectivity index (χ0v) is 20.8. The third-order valence-electron chi connectivity index (χ3n) is 7.49. The second-order valence-electron chi connectivity index (χ2n) is 10.2. The molecule has 0 radical (unpaired) electrons. The number of tetrazole rings is 1. The number of benzene rings is 1. The highest BCUT2D eigenvalue weighted by molar-refractivity contribution is 5.79. The molecule has 1 aliphatic carbocycles. The summed E-state index contributed by atoms with van der Waals surface area (Å²) in [6, 6.07) is 8.77. The first-order valence-corrected chi connectivity index (χ1v) is 12.5. The van der Waals surface area contributed by atoms with E-state index in [9.17, 15) is 4.79 Å². The van der Waals surface area contributed by atoms with Crippen molar-refractivity contribution >= 4 is 10.9 Å². The molecule has 0 amide bonds. The van der Waals surface area contributed by atoms with E-state index in [1.807, 2.05) is 17.7 Å². The molecule has 2 aromatic heterocycles. The normalized spacial score (nSPS) is 16.5. The monoisotopic (exact) mass is 450 g/mol. The minimum Gasteiger partial charge on any atom is -0.322 e. The number of aromatic nitrogens is 5. The van der Waals surface area contributed by atoms with E-state index in [1.54, 1.807) is 0 Å². The Kier molecular flexibility index (Phi) is 6.98. The highest BCUT2D eigenvalue weighted by Crippen LogP contribution is 2.34. The van der Waals surface area contributed by atoms with Gasteiger partial charge in [-0.1, -0.05) is 45.2 Å². The highest BCUT2D eigenvalue weighted by atomic mass is 16.1. The van der Waals surface area contributed by atoms with Gasteiger partial charge in [0.2, 0.25) is 0 Å². The summed E-state index contributed by atoms with van der Waals surface area (Å²) in [6.45, 7) is 11.4. The lowest BCUT2D eigenvalue weighted by Crippen LogP contribution is -2.42. The van der Waals surface area contributed by atoms with E-state index in [0.717, 1.165) is 53.5 Å².